The molecule has 0 bridgehead atoms. The highest BCUT2D eigenvalue weighted by molar-refractivity contribution is 9.10. The lowest BCUT2D eigenvalue weighted by atomic mass is 10.1. The minimum absolute atomic E-state index is 0.0456. The number of carbonyl (C=O) groups is 2. The van der Waals surface area contributed by atoms with Crippen LogP contribution in [0.3, 0.4) is 0 Å². The van der Waals surface area contributed by atoms with Crippen LogP contribution in [0, 0.1) is 0 Å². The molecule has 0 spiro atoms. The third-order valence-electron chi connectivity index (χ3n) is 3.03. The van der Waals surface area contributed by atoms with Crippen molar-refractivity contribution in [3.63, 3.8) is 0 Å². The average molecular weight is 362 g/mol. The van der Waals surface area contributed by atoms with Crippen LogP contribution in [0.15, 0.2) is 47.2 Å². The van der Waals surface area contributed by atoms with Crippen molar-refractivity contribution in [2.75, 3.05) is 14.1 Å². The highest BCUT2D eigenvalue weighted by Gasteiger charge is 2.08. The molecule has 0 saturated heterocycles. The normalized spacial score (nSPS) is 10.1. The zero-order valence-corrected chi connectivity index (χ0v) is 13.9. The van der Waals surface area contributed by atoms with E-state index in [1.165, 1.54) is 11.1 Å². The molecule has 0 aliphatic carbocycles. The van der Waals surface area contributed by atoms with Crippen molar-refractivity contribution in [3.8, 4) is 0 Å². The zero-order valence-electron chi connectivity index (χ0n) is 12.3. The van der Waals surface area contributed by atoms with Crippen LogP contribution < -0.4 is 5.32 Å². The van der Waals surface area contributed by atoms with Crippen molar-refractivity contribution in [1.82, 2.24) is 15.2 Å². The number of hydrogen-bond donors (Lipinski definition) is 1. The van der Waals surface area contributed by atoms with Gasteiger partial charge in [0.15, 0.2) is 0 Å². The number of amides is 2. The van der Waals surface area contributed by atoms with Crippen LogP contribution in [-0.2, 0) is 6.54 Å². The number of nitrogens with zero attached hydrogens (tertiary/aromatic N) is 2. The van der Waals surface area contributed by atoms with Crippen LogP contribution in [0.5, 0.6) is 0 Å². The standard InChI is InChI=1S/C16H16BrN3O2/c1-20(2)16(22)12-5-3-11(4-6-12)8-19-15(21)13-7-14(17)10-18-9-13/h3-7,9-10H,8H2,1-2H3,(H,19,21). The van der Waals surface area contributed by atoms with Gasteiger partial charge >= 0.3 is 0 Å². The van der Waals surface area contributed by atoms with E-state index in [0.717, 1.165) is 10.0 Å². The lowest BCUT2D eigenvalue weighted by Gasteiger charge is -2.11. The number of carbonyl (C=O) groups excluding carboxylic acids is 2. The molecule has 0 aliphatic heterocycles. The van der Waals surface area contributed by atoms with E-state index in [0.29, 0.717) is 17.7 Å². The Morgan fingerprint density at radius 1 is 1.14 bits per heavy atom. The van der Waals surface area contributed by atoms with Crippen molar-refractivity contribution >= 4 is 27.7 Å². The van der Waals surface area contributed by atoms with Crippen LogP contribution in [0.2, 0.25) is 0 Å². The zero-order chi connectivity index (χ0) is 16.1. The summed E-state index contributed by atoms with van der Waals surface area (Å²) >= 11 is 3.28. The van der Waals surface area contributed by atoms with Gasteiger partial charge in [-0.25, -0.2) is 0 Å². The summed E-state index contributed by atoms with van der Waals surface area (Å²) < 4.78 is 0.756. The fraction of sp³-hybridized carbons (Fsp3) is 0.188. The van der Waals surface area contributed by atoms with Crippen molar-refractivity contribution < 1.29 is 9.59 Å². The Morgan fingerprint density at radius 3 is 2.41 bits per heavy atom. The first kappa shape index (κ1) is 16.2. The molecular weight excluding hydrogens is 346 g/mol. The summed E-state index contributed by atoms with van der Waals surface area (Å²) in [4.78, 5) is 29.3. The number of pyridine rings is 1. The Morgan fingerprint density at radius 2 is 1.82 bits per heavy atom. The quantitative estimate of drug-likeness (QED) is 0.909. The van der Waals surface area contributed by atoms with E-state index in [-0.39, 0.29) is 11.8 Å². The number of aromatic nitrogens is 1. The summed E-state index contributed by atoms with van der Waals surface area (Å²) in [7, 11) is 3.42. The maximum atomic E-state index is 12.0. The molecule has 1 aromatic heterocycles. The Hall–Kier alpha value is -2.21. The number of nitrogens with one attached hydrogen (secondary N) is 1. The number of hydrogen-bond acceptors (Lipinski definition) is 3. The Bertz CT molecular complexity index is 684. The second-order valence-electron chi connectivity index (χ2n) is 4.97. The third-order valence-corrected chi connectivity index (χ3v) is 3.46. The number of rotatable bonds is 4. The predicted octanol–water partition coefficient (Wildman–Crippen LogP) is 2.48. The summed E-state index contributed by atoms with van der Waals surface area (Å²) in [6, 6.07) is 8.88. The molecule has 0 aliphatic rings. The van der Waals surface area contributed by atoms with Crippen LogP contribution >= 0.6 is 15.9 Å². The summed E-state index contributed by atoms with van der Waals surface area (Å²) in [6.45, 7) is 0.391. The first-order valence-electron chi connectivity index (χ1n) is 6.66. The van der Waals surface area contributed by atoms with Gasteiger partial charge in [0.2, 0.25) is 0 Å². The lowest BCUT2D eigenvalue weighted by molar-refractivity contribution is 0.0827. The van der Waals surface area contributed by atoms with Crippen LogP contribution in [0.1, 0.15) is 26.3 Å². The molecule has 2 rings (SSSR count). The maximum absolute atomic E-state index is 12.0. The lowest BCUT2D eigenvalue weighted by Crippen LogP contribution is -2.23. The summed E-state index contributed by atoms with van der Waals surface area (Å²) in [5.74, 6) is -0.238. The Labute approximate surface area is 137 Å². The van der Waals surface area contributed by atoms with E-state index in [4.69, 9.17) is 0 Å². The number of benzene rings is 1. The van der Waals surface area contributed by atoms with Gasteiger partial charge in [-0.2, -0.15) is 0 Å². The van der Waals surface area contributed by atoms with Crippen molar-refractivity contribution in [2.45, 2.75) is 6.54 Å². The predicted molar refractivity (Wildman–Crippen MR) is 87.6 cm³/mol. The van der Waals surface area contributed by atoms with Crippen molar-refractivity contribution in [3.05, 3.63) is 63.9 Å². The van der Waals surface area contributed by atoms with E-state index < -0.39 is 0 Å². The van der Waals surface area contributed by atoms with Gasteiger partial charge in [-0.15, -0.1) is 0 Å². The maximum Gasteiger partial charge on any atom is 0.253 e. The van der Waals surface area contributed by atoms with Crippen LogP contribution in [-0.4, -0.2) is 35.8 Å². The third kappa shape index (κ3) is 4.14. The van der Waals surface area contributed by atoms with Crippen LogP contribution in [0.4, 0.5) is 0 Å². The van der Waals surface area contributed by atoms with Crippen molar-refractivity contribution in [1.29, 1.82) is 0 Å². The van der Waals surface area contributed by atoms with Gasteiger partial charge < -0.3 is 10.2 Å². The highest BCUT2D eigenvalue weighted by Crippen LogP contribution is 2.10. The van der Waals surface area contributed by atoms with Gasteiger partial charge in [-0.05, 0) is 39.7 Å². The minimum atomic E-state index is -0.192. The van der Waals surface area contributed by atoms with E-state index in [2.05, 4.69) is 26.2 Å². The van der Waals surface area contributed by atoms with E-state index in [9.17, 15) is 9.59 Å². The topological polar surface area (TPSA) is 62.3 Å². The fourth-order valence-corrected chi connectivity index (χ4v) is 2.21. The van der Waals surface area contributed by atoms with Gasteiger partial charge in [0.25, 0.3) is 11.8 Å². The van der Waals surface area contributed by atoms with Gasteiger partial charge in [0, 0.05) is 43.1 Å². The fourth-order valence-electron chi connectivity index (χ4n) is 1.84. The average Bonchev–Trinajstić information content (AvgIpc) is 2.52. The molecule has 6 heteroatoms. The molecule has 0 atom stereocenters. The minimum Gasteiger partial charge on any atom is -0.348 e. The summed E-state index contributed by atoms with van der Waals surface area (Å²) in [6.07, 6.45) is 3.14. The highest BCUT2D eigenvalue weighted by atomic mass is 79.9. The number of halogens is 1. The first-order chi connectivity index (χ1) is 10.5. The molecule has 0 radical (unpaired) electrons. The monoisotopic (exact) mass is 361 g/mol. The molecule has 1 heterocycles. The molecule has 0 unspecified atom stereocenters. The molecule has 2 amide bonds. The summed E-state index contributed by atoms with van der Waals surface area (Å²) in [5.41, 5.74) is 2.04. The molecule has 114 valence electrons. The summed E-state index contributed by atoms with van der Waals surface area (Å²) in [5, 5.41) is 2.82. The molecule has 5 nitrogen and oxygen atoms in total. The Balaban J connectivity index is 1.97. The van der Waals surface area contributed by atoms with E-state index in [1.807, 2.05) is 12.1 Å². The largest absolute Gasteiger partial charge is 0.348 e. The molecular formula is C16H16BrN3O2. The van der Waals surface area contributed by atoms with Gasteiger partial charge in [-0.3, -0.25) is 14.6 Å². The molecule has 2 aromatic rings. The molecule has 1 N–H and O–H groups in total. The van der Waals surface area contributed by atoms with Crippen LogP contribution in [0.25, 0.3) is 0 Å². The molecule has 0 fully saturated rings. The van der Waals surface area contributed by atoms with Gasteiger partial charge in [-0.1, -0.05) is 12.1 Å². The van der Waals surface area contributed by atoms with E-state index in [1.54, 1.807) is 38.5 Å². The second kappa shape index (κ2) is 7.17. The Kier molecular flexibility index (Phi) is 5.27. The van der Waals surface area contributed by atoms with E-state index >= 15 is 0 Å². The molecule has 22 heavy (non-hydrogen) atoms. The smallest absolute Gasteiger partial charge is 0.253 e. The SMILES string of the molecule is CN(C)C(=O)c1ccc(CNC(=O)c2cncc(Br)c2)cc1. The van der Waals surface area contributed by atoms with Gasteiger partial charge in [0.1, 0.15) is 0 Å². The van der Waals surface area contributed by atoms with Crippen molar-refractivity contribution in [2.24, 2.45) is 0 Å². The second-order valence-corrected chi connectivity index (χ2v) is 5.89. The first-order valence-corrected chi connectivity index (χ1v) is 7.46. The molecule has 0 saturated carbocycles. The molecule has 1 aromatic carbocycles. The van der Waals surface area contributed by atoms with Gasteiger partial charge in [0.05, 0.1) is 5.56 Å².